The lowest BCUT2D eigenvalue weighted by molar-refractivity contribution is -0.156. The van der Waals surface area contributed by atoms with Crippen LogP contribution < -0.4 is 10.6 Å². The molecule has 0 aromatic heterocycles. The number of hydrogen-bond acceptors (Lipinski definition) is 7. The third kappa shape index (κ3) is 6.99. The van der Waals surface area contributed by atoms with Crippen LogP contribution in [0.2, 0.25) is 0 Å². The molecular weight excluding hydrogens is 480 g/mol. The standard InChI is InChI=1S/C27H32N2O8/c1-15(24(32)36-16(2)22(23(30)31)29-26(34)37-27(3,4)5)28-25(33)35-14-21-19-12-8-6-10-17(19)18-11-7-9-13-20(18)21/h6-13,15-16,21-22H,14H2,1-5H3,(H,28,33)(H,29,34)(H,30,31)/t15-,16?,22+/m1/s1. The van der Waals surface area contributed by atoms with Gasteiger partial charge in [-0.2, -0.15) is 0 Å². The van der Waals surface area contributed by atoms with Crippen molar-refractivity contribution < 1.29 is 38.5 Å². The number of carbonyl (C=O) groups excluding carboxylic acids is 3. The monoisotopic (exact) mass is 512 g/mol. The lowest BCUT2D eigenvalue weighted by Gasteiger charge is -2.25. The SMILES string of the molecule is CC(OC(=O)[C@@H](C)NC(=O)OCC1c2ccccc2-c2ccccc21)[C@H](NC(=O)OC(C)(C)C)C(=O)O. The number of alkyl carbamates (subject to hydrolysis) is 2. The molecule has 0 saturated heterocycles. The van der Waals surface area contributed by atoms with Crippen LogP contribution in [0.15, 0.2) is 48.5 Å². The molecule has 1 aliphatic rings. The maximum atomic E-state index is 12.5. The Morgan fingerprint density at radius 3 is 1.95 bits per heavy atom. The van der Waals surface area contributed by atoms with Crippen LogP contribution in [0, 0.1) is 0 Å². The van der Waals surface area contributed by atoms with E-state index < -0.39 is 47.9 Å². The number of esters is 1. The Morgan fingerprint density at radius 2 is 1.43 bits per heavy atom. The van der Waals surface area contributed by atoms with E-state index in [1.165, 1.54) is 13.8 Å². The molecule has 2 aromatic rings. The quantitative estimate of drug-likeness (QED) is 0.358. The van der Waals surface area contributed by atoms with Crippen molar-refractivity contribution in [1.29, 1.82) is 0 Å². The van der Waals surface area contributed by atoms with E-state index in [0.717, 1.165) is 22.3 Å². The van der Waals surface area contributed by atoms with Crippen LogP contribution in [0.1, 0.15) is 51.7 Å². The number of hydrogen-bond donors (Lipinski definition) is 3. The van der Waals surface area contributed by atoms with E-state index in [0.29, 0.717) is 0 Å². The Hall–Kier alpha value is -4.08. The molecule has 0 aliphatic heterocycles. The number of carboxylic acids is 1. The van der Waals surface area contributed by atoms with Gasteiger partial charge in [-0.3, -0.25) is 0 Å². The molecule has 0 radical (unpaired) electrons. The summed E-state index contributed by atoms with van der Waals surface area (Å²) in [6.45, 7) is 7.65. The van der Waals surface area contributed by atoms with E-state index >= 15 is 0 Å². The molecule has 0 spiro atoms. The van der Waals surface area contributed by atoms with Gasteiger partial charge < -0.3 is 30.0 Å². The van der Waals surface area contributed by atoms with Gasteiger partial charge in [0.25, 0.3) is 0 Å². The second kappa shape index (κ2) is 11.3. The highest BCUT2D eigenvalue weighted by Crippen LogP contribution is 2.44. The van der Waals surface area contributed by atoms with Gasteiger partial charge in [0.05, 0.1) is 0 Å². The summed E-state index contributed by atoms with van der Waals surface area (Å²) in [5.74, 6) is -2.45. The average Bonchev–Trinajstić information content (AvgIpc) is 3.13. The molecule has 3 N–H and O–H groups in total. The Balaban J connectivity index is 1.54. The van der Waals surface area contributed by atoms with Crippen LogP contribution in [0.25, 0.3) is 11.1 Å². The number of fused-ring (bicyclic) bond motifs is 3. The number of rotatable bonds is 8. The third-order valence-electron chi connectivity index (χ3n) is 5.74. The van der Waals surface area contributed by atoms with Gasteiger partial charge in [-0.25, -0.2) is 19.2 Å². The van der Waals surface area contributed by atoms with Gasteiger partial charge in [-0.1, -0.05) is 48.5 Å². The van der Waals surface area contributed by atoms with E-state index in [1.807, 2.05) is 48.5 Å². The van der Waals surface area contributed by atoms with Crippen molar-refractivity contribution in [3.63, 3.8) is 0 Å². The summed E-state index contributed by atoms with van der Waals surface area (Å²) in [6, 6.07) is 13.1. The fraction of sp³-hybridized carbons (Fsp3) is 0.407. The van der Waals surface area contributed by atoms with Gasteiger partial charge in [0.1, 0.15) is 24.4 Å². The van der Waals surface area contributed by atoms with Crippen LogP contribution in [0.4, 0.5) is 9.59 Å². The van der Waals surface area contributed by atoms with Gasteiger partial charge in [0, 0.05) is 5.92 Å². The van der Waals surface area contributed by atoms with Crippen molar-refractivity contribution in [3.8, 4) is 11.1 Å². The first kappa shape index (κ1) is 27.5. The smallest absolute Gasteiger partial charge is 0.408 e. The molecule has 0 fully saturated rings. The number of ether oxygens (including phenoxy) is 3. The summed E-state index contributed by atoms with van der Waals surface area (Å²) in [5, 5.41) is 14.0. The molecule has 1 unspecified atom stereocenters. The molecular formula is C27H32N2O8. The zero-order chi connectivity index (χ0) is 27.3. The van der Waals surface area contributed by atoms with Crippen LogP contribution in [0.5, 0.6) is 0 Å². The first-order valence-corrected chi connectivity index (χ1v) is 11.9. The van der Waals surface area contributed by atoms with Crippen LogP contribution in [0.3, 0.4) is 0 Å². The first-order valence-electron chi connectivity index (χ1n) is 11.9. The van der Waals surface area contributed by atoms with E-state index in [4.69, 9.17) is 14.2 Å². The highest BCUT2D eigenvalue weighted by atomic mass is 16.6. The summed E-state index contributed by atoms with van der Waals surface area (Å²) in [6.07, 6.45) is -3.03. The normalized spacial score (nSPS) is 14.8. The fourth-order valence-electron chi connectivity index (χ4n) is 4.04. The van der Waals surface area contributed by atoms with Gasteiger partial charge in [0.15, 0.2) is 6.04 Å². The highest BCUT2D eigenvalue weighted by Gasteiger charge is 2.33. The van der Waals surface area contributed by atoms with E-state index in [2.05, 4.69) is 10.6 Å². The molecule has 0 heterocycles. The number of benzene rings is 2. The molecule has 3 atom stereocenters. The number of nitrogens with one attached hydrogen (secondary N) is 2. The molecule has 2 amide bonds. The minimum atomic E-state index is -1.56. The topological polar surface area (TPSA) is 140 Å². The van der Waals surface area contributed by atoms with Gasteiger partial charge in [-0.15, -0.1) is 0 Å². The third-order valence-corrected chi connectivity index (χ3v) is 5.74. The minimum absolute atomic E-state index is 0.0684. The number of amides is 2. The van der Waals surface area contributed by atoms with Crippen molar-refractivity contribution in [3.05, 3.63) is 59.7 Å². The largest absolute Gasteiger partial charge is 0.480 e. The molecule has 198 valence electrons. The van der Waals surface area contributed by atoms with Crippen LogP contribution >= 0.6 is 0 Å². The molecule has 0 bridgehead atoms. The summed E-state index contributed by atoms with van der Waals surface area (Å²) < 4.78 is 15.7. The molecule has 37 heavy (non-hydrogen) atoms. The summed E-state index contributed by atoms with van der Waals surface area (Å²) >= 11 is 0. The molecule has 10 heteroatoms. The summed E-state index contributed by atoms with van der Waals surface area (Å²) in [4.78, 5) is 48.5. The number of carbonyl (C=O) groups is 4. The zero-order valence-corrected chi connectivity index (χ0v) is 21.4. The van der Waals surface area contributed by atoms with Crippen molar-refractivity contribution in [2.24, 2.45) is 0 Å². The fourth-order valence-corrected chi connectivity index (χ4v) is 4.04. The molecule has 10 nitrogen and oxygen atoms in total. The average molecular weight is 513 g/mol. The minimum Gasteiger partial charge on any atom is -0.480 e. The van der Waals surface area contributed by atoms with E-state index in [1.54, 1.807) is 20.8 Å². The van der Waals surface area contributed by atoms with Crippen LogP contribution in [-0.4, -0.2) is 59.6 Å². The molecule has 3 rings (SSSR count). The number of aliphatic carboxylic acids is 1. The molecule has 0 saturated carbocycles. The van der Waals surface area contributed by atoms with Crippen molar-refractivity contribution in [1.82, 2.24) is 10.6 Å². The predicted octanol–water partition coefficient (Wildman–Crippen LogP) is 3.82. The predicted molar refractivity (Wildman–Crippen MR) is 134 cm³/mol. The van der Waals surface area contributed by atoms with Gasteiger partial charge in [0.2, 0.25) is 0 Å². The Labute approximate surface area is 215 Å². The maximum Gasteiger partial charge on any atom is 0.408 e. The summed E-state index contributed by atoms with van der Waals surface area (Å²) in [7, 11) is 0. The first-order chi connectivity index (χ1) is 17.4. The Kier molecular flexibility index (Phi) is 8.42. The van der Waals surface area contributed by atoms with Crippen LogP contribution in [-0.2, 0) is 23.8 Å². The molecule has 1 aliphatic carbocycles. The Morgan fingerprint density at radius 1 is 0.892 bits per heavy atom. The summed E-state index contributed by atoms with van der Waals surface area (Å²) in [5.41, 5.74) is 3.44. The zero-order valence-electron chi connectivity index (χ0n) is 21.4. The molecule has 2 aromatic carbocycles. The second-order valence-corrected chi connectivity index (χ2v) is 9.80. The van der Waals surface area contributed by atoms with E-state index in [9.17, 15) is 24.3 Å². The van der Waals surface area contributed by atoms with Gasteiger partial charge >= 0.3 is 24.1 Å². The Bertz CT molecular complexity index is 1130. The lowest BCUT2D eigenvalue weighted by Crippen LogP contribution is -2.51. The lowest BCUT2D eigenvalue weighted by atomic mass is 9.98. The number of carboxylic acid groups (broad SMARTS) is 1. The van der Waals surface area contributed by atoms with Crippen molar-refractivity contribution >= 4 is 24.1 Å². The maximum absolute atomic E-state index is 12.5. The van der Waals surface area contributed by atoms with Crippen molar-refractivity contribution in [2.45, 2.75) is 64.3 Å². The van der Waals surface area contributed by atoms with Gasteiger partial charge in [-0.05, 0) is 56.9 Å². The van der Waals surface area contributed by atoms with E-state index in [-0.39, 0.29) is 12.5 Å². The van der Waals surface area contributed by atoms with Crippen molar-refractivity contribution in [2.75, 3.05) is 6.61 Å². The highest BCUT2D eigenvalue weighted by molar-refractivity contribution is 5.84. The second-order valence-electron chi connectivity index (χ2n) is 9.80.